The normalized spacial score (nSPS) is 22.6. The number of aromatic nitrogens is 4. The van der Waals surface area contributed by atoms with E-state index < -0.39 is 0 Å². The summed E-state index contributed by atoms with van der Waals surface area (Å²) in [4.78, 5) is 18.9. The van der Waals surface area contributed by atoms with Crippen molar-refractivity contribution in [1.29, 1.82) is 0 Å². The molecule has 1 amide bonds. The van der Waals surface area contributed by atoms with E-state index in [2.05, 4.69) is 26.7 Å². The molecule has 2 aliphatic rings. The zero-order valence-electron chi connectivity index (χ0n) is 14.6. The third-order valence-corrected chi connectivity index (χ3v) is 5.66. The van der Waals surface area contributed by atoms with Gasteiger partial charge in [0.2, 0.25) is 5.76 Å². The van der Waals surface area contributed by atoms with Gasteiger partial charge in [0, 0.05) is 44.2 Å². The van der Waals surface area contributed by atoms with Crippen LogP contribution >= 0.6 is 0 Å². The summed E-state index contributed by atoms with van der Waals surface area (Å²) >= 11 is 0. The second-order valence-corrected chi connectivity index (χ2v) is 6.96. The highest BCUT2D eigenvalue weighted by molar-refractivity contribution is 5.92. The second kappa shape index (κ2) is 6.25. The van der Waals surface area contributed by atoms with Gasteiger partial charge >= 0.3 is 0 Å². The standard InChI is InChI=1S/C17H23N5O3/c1-3-21-10-19-20-15(21)13-8-22(9-17(13)4-6-24-7-5-17)16(23)14-12(2)18-11-25-14/h10-11,13H,3-9H2,1-2H3. The molecule has 1 unspecified atom stereocenters. The number of hydrogen-bond donors (Lipinski definition) is 0. The number of oxazole rings is 1. The van der Waals surface area contributed by atoms with Crippen LogP contribution in [-0.2, 0) is 11.3 Å². The first-order chi connectivity index (χ1) is 12.1. The number of carbonyl (C=O) groups is 1. The molecule has 2 aromatic rings. The van der Waals surface area contributed by atoms with Crippen molar-refractivity contribution in [2.45, 2.75) is 39.2 Å². The maximum absolute atomic E-state index is 12.9. The van der Waals surface area contributed by atoms with Crippen LogP contribution < -0.4 is 0 Å². The summed E-state index contributed by atoms with van der Waals surface area (Å²) in [5.74, 6) is 1.37. The lowest BCUT2D eigenvalue weighted by Gasteiger charge is -2.37. The van der Waals surface area contributed by atoms with Gasteiger partial charge in [0.05, 0.1) is 5.69 Å². The Labute approximate surface area is 146 Å². The Hall–Kier alpha value is -2.22. The molecular weight excluding hydrogens is 322 g/mol. The Morgan fingerprint density at radius 1 is 1.40 bits per heavy atom. The Morgan fingerprint density at radius 2 is 2.20 bits per heavy atom. The molecule has 0 bridgehead atoms. The van der Waals surface area contributed by atoms with Gasteiger partial charge in [0.15, 0.2) is 6.39 Å². The van der Waals surface area contributed by atoms with Crippen molar-refractivity contribution in [1.82, 2.24) is 24.6 Å². The molecule has 4 rings (SSSR count). The number of hydrogen-bond acceptors (Lipinski definition) is 6. The van der Waals surface area contributed by atoms with Crippen molar-refractivity contribution in [3.8, 4) is 0 Å². The Morgan fingerprint density at radius 3 is 2.88 bits per heavy atom. The van der Waals surface area contributed by atoms with Crippen LogP contribution in [0, 0.1) is 12.3 Å². The molecule has 134 valence electrons. The third kappa shape index (κ3) is 2.64. The second-order valence-electron chi connectivity index (χ2n) is 6.96. The minimum absolute atomic E-state index is 0.0121. The molecule has 25 heavy (non-hydrogen) atoms. The quantitative estimate of drug-likeness (QED) is 0.840. The lowest BCUT2D eigenvalue weighted by atomic mass is 9.71. The van der Waals surface area contributed by atoms with Crippen LogP contribution in [-0.4, -0.2) is 56.9 Å². The van der Waals surface area contributed by atoms with Gasteiger partial charge in [-0.05, 0) is 26.7 Å². The fourth-order valence-electron chi connectivity index (χ4n) is 4.19. The van der Waals surface area contributed by atoms with E-state index in [0.717, 1.165) is 38.4 Å². The average molecular weight is 345 g/mol. The first-order valence-electron chi connectivity index (χ1n) is 8.79. The molecule has 4 heterocycles. The van der Waals surface area contributed by atoms with Crippen LogP contribution in [0.3, 0.4) is 0 Å². The van der Waals surface area contributed by atoms with Crippen LogP contribution in [0.1, 0.15) is 47.8 Å². The molecule has 8 heteroatoms. The van der Waals surface area contributed by atoms with Crippen molar-refractivity contribution in [3.63, 3.8) is 0 Å². The topological polar surface area (TPSA) is 86.3 Å². The Kier molecular flexibility index (Phi) is 4.07. The smallest absolute Gasteiger partial charge is 0.291 e. The summed E-state index contributed by atoms with van der Waals surface area (Å²) in [6, 6.07) is 0. The number of nitrogens with zero attached hydrogens (tertiary/aromatic N) is 5. The van der Waals surface area contributed by atoms with Gasteiger partial charge < -0.3 is 18.6 Å². The summed E-state index contributed by atoms with van der Waals surface area (Å²) in [7, 11) is 0. The number of carbonyl (C=O) groups excluding carboxylic acids is 1. The maximum atomic E-state index is 12.9. The van der Waals surface area contributed by atoms with E-state index in [1.807, 2.05) is 4.90 Å². The van der Waals surface area contributed by atoms with Crippen molar-refractivity contribution < 1.29 is 13.9 Å². The number of likely N-dealkylation sites (tertiary alicyclic amines) is 1. The zero-order valence-corrected chi connectivity index (χ0v) is 14.6. The molecular formula is C17H23N5O3. The third-order valence-electron chi connectivity index (χ3n) is 5.66. The number of rotatable bonds is 3. The lowest BCUT2D eigenvalue weighted by molar-refractivity contribution is 0.0105. The van der Waals surface area contributed by atoms with E-state index in [1.165, 1.54) is 6.39 Å². The number of ether oxygens (including phenoxy) is 1. The minimum atomic E-state index is -0.0917. The molecule has 2 fully saturated rings. The van der Waals surface area contributed by atoms with Crippen molar-refractivity contribution >= 4 is 5.91 Å². The van der Waals surface area contributed by atoms with E-state index in [4.69, 9.17) is 9.15 Å². The van der Waals surface area contributed by atoms with Crippen LogP contribution in [0.4, 0.5) is 0 Å². The van der Waals surface area contributed by atoms with E-state index >= 15 is 0 Å². The van der Waals surface area contributed by atoms with Crippen LogP contribution in [0.2, 0.25) is 0 Å². The molecule has 0 radical (unpaired) electrons. The summed E-state index contributed by atoms with van der Waals surface area (Å²) in [5, 5.41) is 8.49. The predicted octanol–water partition coefficient (Wildman–Crippen LogP) is 1.63. The fraction of sp³-hybridized carbons (Fsp3) is 0.647. The van der Waals surface area contributed by atoms with E-state index in [-0.39, 0.29) is 17.2 Å². The highest BCUT2D eigenvalue weighted by Crippen LogP contribution is 2.49. The van der Waals surface area contributed by atoms with E-state index in [0.29, 0.717) is 24.5 Å². The molecule has 2 aliphatic heterocycles. The molecule has 2 aromatic heterocycles. The van der Waals surface area contributed by atoms with Crippen LogP contribution in [0.25, 0.3) is 0 Å². The van der Waals surface area contributed by atoms with Gasteiger partial charge in [0.1, 0.15) is 12.2 Å². The van der Waals surface area contributed by atoms with E-state index in [9.17, 15) is 4.79 Å². The van der Waals surface area contributed by atoms with Gasteiger partial charge in [-0.15, -0.1) is 10.2 Å². The average Bonchev–Trinajstić information content (AvgIpc) is 3.33. The van der Waals surface area contributed by atoms with Gasteiger partial charge in [-0.1, -0.05) is 0 Å². The molecule has 2 saturated heterocycles. The fourth-order valence-corrected chi connectivity index (χ4v) is 4.19. The molecule has 0 N–H and O–H groups in total. The predicted molar refractivity (Wildman–Crippen MR) is 88.1 cm³/mol. The highest BCUT2D eigenvalue weighted by Gasteiger charge is 2.51. The summed E-state index contributed by atoms with van der Waals surface area (Å²) < 4.78 is 13.0. The van der Waals surface area contributed by atoms with Crippen LogP contribution in [0.15, 0.2) is 17.1 Å². The monoisotopic (exact) mass is 345 g/mol. The Balaban J connectivity index is 1.67. The molecule has 1 atom stereocenters. The van der Waals surface area contributed by atoms with Gasteiger partial charge in [-0.25, -0.2) is 4.98 Å². The molecule has 1 spiro atoms. The Bertz CT molecular complexity index is 762. The maximum Gasteiger partial charge on any atom is 0.291 e. The zero-order chi connectivity index (χ0) is 17.4. The molecule has 0 aliphatic carbocycles. The summed E-state index contributed by atoms with van der Waals surface area (Å²) in [6.45, 7) is 7.45. The van der Waals surface area contributed by atoms with E-state index in [1.54, 1.807) is 13.3 Å². The largest absolute Gasteiger partial charge is 0.438 e. The SMILES string of the molecule is CCn1cnnc1C1CN(C(=O)c2ocnc2C)CC12CCOCC2. The molecule has 8 nitrogen and oxygen atoms in total. The minimum Gasteiger partial charge on any atom is -0.438 e. The number of amides is 1. The van der Waals surface area contributed by atoms with Crippen molar-refractivity contribution in [3.05, 3.63) is 30.0 Å². The molecule has 0 saturated carbocycles. The van der Waals surface area contributed by atoms with Gasteiger partial charge in [-0.2, -0.15) is 0 Å². The first-order valence-corrected chi connectivity index (χ1v) is 8.79. The summed E-state index contributed by atoms with van der Waals surface area (Å²) in [5.41, 5.74) is 0.619. The lowest BCUT2D eigenvalue weighted by Crippen LogP contribution is -2.37. The first kappa shape index (κ1) is 16.3. The molecule has 0 aromatic carbocycles. The summed E-state index contributed by atoms with van der Waals surface area (Å²) in [6.07, 6.45) is 4.95. The van der Waals surface area contributed by atoms with Gasteiger partial charge in [-0.3, -0.25) is 4.79 Å². The number of aryl methyl sites for hydroxylation is 2. The van der Waals surface area contributed by atoms with Crippen LogP contribution in [0.5, 0.6) is 0 Å². The van der Waals surface area contributed by atoms with Crippen molar-refractivity contribution in [2.24, 2.45) is 5.41 Å². The van der Waals surface area contributed by atoms with Gasteiger partial charge in [0.25, 0.3) is 5.91 Å². The van der Waals surface area contributed by atoms with Crippen molar-refractivity contribution in [2.75, 3.05) is 26.3 Å². The highest BCUT2D eigenvalue weighted by atomic mass is 16.5.